The first-order chi connectivity index (χ1) is 8.04. The van der Waals surface area contributed by atoms with Crippen LogP contribution in [0.15, 0.2) is 24.3 Å². The predicted octanol–water partition coefficient (Wildman–Crippen LogP) is 3.05. The summed E-state index contributed by atoms with van der Waals surface area (Å²) in [5.41, 5.74) is 1.06. The average molecular weight is 245 g/mol. The molecule has 1 aliphatic rings. The second-order valence-electron chi connectivity index (χ2n) is 4.16. The molecule has 1 atom stereocenters. The van der Waals surface area contributed by atoms with Gasteiger partial charge in [-0.2, -0.15) is 0 Å². The van der Waals surface area contributed by atoms with E-state index in [-0.39, 0.29) is 5.75 Å². The molecule has 2 rings (SSSR count). The largest absolute Gasteiger partial charge is 0.573 e. The van der Waals surface area contributed by atoms with Crippen LogP contribution in [-0.2, 0) is 0 Å². The Kier molecular flexibility index (Phi) is 3.57. The Bertz CT molecular complexity index is 355. The number of alkyl halides is 3. The maximum absolute atomic E-state index is 12.0. The third-order valence-corrected chi connectivity index (χ3v) is 2.88. The monoisotopic (exact) mass is 245 g/mol. The van der Waals surface area contributed by atoms with Crippen LogP contribution in [0.1, 0.15) is 24.3 Å². The zero-order chi connectivity index (χ0) is 12.3. The number of hydrogen-bond donors (Lipinski definition) is 1. The van der Waals surface area contributed by atoms with Gasteiger partial charge in [-0.25, -0.2) is 0 Å². The molecule has 0 bridgehead atoms. The molecule has 1 fully saturated rings. The highest BCUT2D eigenvalue weighted by molar-refractivity contribution is 5.30. The maximum Gasteiger partial charge on any atom is 0.573 e. The summed E-state index contributed by atoms with van der Waals surface area (Å²) < 4.78 is 39.7. The molecule has 2 nitrogen and oxygen atoms in total. The lowest BCUT2D eigenvalue weighted by atomic mass is 9.92. The lowest BCUT2D eigenvalue weighted by molar-refractivity contribution is -0.274. The molecule has 1 aliphatic heterocycles. The van der Waals surface area contributed by atoms with E-state index in [9.17, 15) is 13.2 Å². The van der Waals surface area contributed by atoms with Gasteiger partial charge in [0.05, 0.1) is 0 Å². The van der Waals surface area contributed by atoms with Crippen LogP contribution >= 0.6 is 0 Å². The van der Waals surface area contributed by atoms with E-state index in [1.165, 1.54) is 12.1 Å². The molecular weight excluding hydrogens is 231 g/mol. The van der Waals surface area contributed by atoms with Crippen molar-refractivity contribution in [2.45, 2.75) is 25.1 Å². The number of hydrogen-bond acceptors (Lipinski definition) is 2. The molecule has 0 aliphatic carbocycles. The molecule has 5 heteroatoms. The van der Waals surface area contributed by atoms with Crippen molar-refractivity contribution >= 4 is 0 Å². The van der Waals surface area contributed by atoms with Crippen molar-refractivity contribution < 1.29 is 17.9 Å². The highest BCUT2D eigenvalue weighted by Crippen LogP contribution is 2.27. The Morgan fingerprint density at radius 2 is 1.88 bits per heavy atom. The Morgan fingerprint density at radius 3 is 2.41 bits per heavy atom. The third kappa shape index (κ3) is 3.63. The van der Waals surface area contributed by atoms with Crippen molar-refractivity contribution in [2.75, 3.05) is 13.1 Å². The van der Waals surface area contributed by atoms with E-state index >= 15 is 0 Å². The fraction of sp³-hybridized carbons (Fsp3) is 0.500. The fourth-order valence-electron chi connectivity index (χ4n) is 2.08. The van der Waals surface area contributed by atoms with Crippen molar-refractivity contribution in [1.29, 1.82) is 0 Å². The molecule has 1 heterocycles. The molecule has 0 saturated carbocycles. The van der Waals surface area contributed by atoms with Crippen molar-refractivity contribution in [1.82, 2.24) is 5.32 Å². The Balaban J connectivity index is 2.02. The average Bonchev–Trinajstić information content (AvgIpc) is 2.29. The Hall–Kier alpha value is -1.23. The van der Waals surface area contributed by atoms with Crippen LogP contribution in [0.25, 0.3) is 0 Å². The van der Waals surface area contributed by atoms with Gasteiger partial charge in [0.15, 0.2) is 0 Å². The van der Waals surface area contributed by atoms with Crippen molar-refractivity contribution in [3.05, 3.63) is 29.8 Å². The highest BCUT2D eigenvalue weighted by atomic mass is 19.4. The van der Waals surface area contributed by atoms with Gasteiger partial charge in [0.2, 0.25) is 0 Å². The topological polar surface area (TPSA) is 21.3 Å². The smallest absolute Gasteiger partial charge is 0.406 e. The van der Waals surface area contributed by atoms with Gasteiger partial charge < -0.3 is 10.1 Å². The van der Waals surface area contributed by atoms with E-state index in [0.717, 1.165) is 31.5 Å². The van der Waals surface area contributed by atoms with Crippen LogP contribution in [0, 0.1) is 0 Å². The van der Waals surface area contributed by atoms with E-state index in [1.807, 2.05) is 0 Å². The summed E-state index contributed by atoms with van der Waals surface area (Å²) in [6.45, 7) is 1.91. The second kappa shape index (κ2) is 4.96. The first kappa shape index (κ1) is 12.2. The lowest BCUT2D eigenvalue weighted by Gasteiger charge is -2.23. The highest BCUT2D eigenvalue weighted by Gasteiger charge is 2.31. The Labute approximate surface area is 97.8 Å². The van der Waals surface area contributed by atoms with Gasteiger partial charge in [-0.1, -0.05) is 12.1 Å². The normalized spacial score (nSPS) is 21.2. The minimum Gasteiger partial charge on any atom is -0.406 e. The van der Waals surface area contributed by atoms with Crippen LogP contribution < -0.4 is 10.1 Å². The van der Waals surface area contributed by atoms with Gasteiger partial charge in [0.25, 0.3) is 0 Å². The minimum absolute atomic E-state index is 0.162. The fourth-order valence-corrected chi connectivity index (χ4v) is 2.08. The van der Waals surface area contributed by atoms with Gasteiger partial charge in [-0.15, -0.1) is 13.2 Å². The molecule has 0 aromatic heterocycles. The summed E-state index contributed by atoms with van der Waals surface area (Å²) >= 11 is 0. The standard InChI is InChI=1S/C12H14F3NO/c13-12(14,15)17-11-5-3-9(4-6-11)10-2-1-7-16-8-10/h3-6,10,16H,1-2,7-8H2. The summed E-state index contributed by atoms with van der Waals surface area (Å²) in [6, 6.07) is 6.16. The number of benzene rings is 1. The number of halogens is 3. The lowest BCUT2D eigenvalue weighted by Crippen LogP contribution is -2.28. The van der Waals surface area contributed by atoms with E-state index < -0.39 is 6.36 Å². The molecule has 0 spiro atoms. The van der Waals surface area contributed by atoms with Crippen molar-refractivity contribution in [3.63, 3.8) is 0 Å². The maximum atomic E-state index is 12.0. The third-order valence-electron chi connectivity index (χ3n) is 2.88. The summed E-state index contributed by atoms with van der Waals surface area (Å²) in [5, 5.41) is 3.27. The van der Waals surface area contributed by atoms with Crippen molar-refractivity contribution in [2.24, 2.45) is 0 Å². The summed E-state index contributed by atoms with van der Waals surface area (Å²) in [4.78, 5) is 0. The number of ether oxygens (including phenoxy) is 1. The van der Waals surface area contributed by atoms with Crippen LogP contribution in [0.2, 0.25) is 0 Å². The molecule has 1 aromatic carbocycles. The molecular formula is C12H14F3NO. The van der Waals surface area contributed by atoms with Gasteiger partial charge in [-0.05, 0) is 43.0 Å². The van der Waals surface area contributed by atoms with Crippen LogP contribution in [0.3, 0.4) is 0 Å². The first-order valence-electron chi connectivity index (χ1n) is 5.61. The molecule has 0 radical (unpaired) electrons. The van der Waals surface area contributed by atoms with Crippen LogP contribution in [0.4, 0.5) is 13.2 Å². The zero-order valence-corrected chi connectivity index (χ0v) is 9.26. The van der Waals surface area contributed by atoms with E-state index in [4.69, 9.17) is 0 Å². The molecule has 1 saturated heterocycles. The molecule has 1 unspecified atom stereocenters. The van der Waals surface area contributed by atoms with E-state index in [1.54, 1.807) is 12.1 Å². The second-order valence-corrected chi connectivity index (χ2v) is 4.16. The van der Waals surface area contributed by atoms with Gasteiger partial charge >= 0.3 is 6.36 Å². The number of rotatable bonds is 2. The van der Waals surface area contributed by atoms with Gasteiger partial charge in [0, 0.05) is 6.54 Å². The molecule has 0 amide bonds. The summed E-state index contributed by atoms with van der Waals surface area (Å²) in [5.74, 6) is 0.230. The van der Waals surface area contributed by atoms with Crippen molar-refractivity contribution in [3.8, 4) is 5.75 Å². The molecule has 1 N–H and O–H groups in total. The molecule has 1 aromatic rings. The molecule has 17 heavy (non-hydrogen) atoms. The number of nitrogens with one attached hydrogen (secondary N) is 1. The summed E-state index contributed by atoms with van der Waals surface area (Å²) in [6.07, 6.45) is -2.44. The van der Waals surface area contributed by atoms with E-state index in [2.05, 4.69) is 10.1 Å². The Morgan fingerprint density at radius 1 is 1.18 bits per heavy atom. The SMILES string of the molecule is FC(F)(F)Oc1ccc(C2CCCNC2)cc1. The quantitative estimate of drug-likeness (QED) is 0.864. The first-order valence-corrected chi connectivity index (χ1v) is 5.61. The zero-order valence-electron chi connectivity index (χ0n) is 9.26. The van der Waals surface area contributed by atoms with E-state index in [0.29, 0.717) is 5.92 Å². The number of piperidine rings is 1. The summed E-state index contributed by atoms with van der Waals surface area (Å²) in [7, 11) is 0. The van der Waals surface area contributed by atoms with Crippen LogP contribution in [-0.4, -0.2) is 19.5 Å². The minimum atomic E-state index is -4.62. The van der Waals surface area contributed by atoms with Gasteiger partial charge in [0.1, 0.15) is 5.75 Å². The molecule has 94 valence electrons. The van der Waals surface area contributed by atoms with Gasteiger partial charge in [-0.3, -0.25) is 0 Å². The van der Waals surface area contributed by atoms with Crippen LogP contribution in [0.5, 0.6) is 5.75 Å². The predicted molar refractivity (Wildman–Crippen MR) is 58.0 cm³/mol.